The first-order valence-electron chi connectivity index (χ1n) is 5.56. The number of morpholine rings is 1. The number of benzene rings is 1. The van der Waals surface area contributed by atoms with Crippen LogP contribution in [0.4, 0.5) is 5.69 Å². The Hall–Kier alpha value is -1.26. The van der Waals surface area contributed by atoms with Gasteiger partial charge >= 0.3 is 0 Å². The summed E-state index contributed by atoms with van der Waals surface area (Å²) in [5.74, 6) is 0.280. The number of rotatable bonds is 3. The van der Waals surface area contributed by atoms with Crippen LogP contribution < -0.4 is 4.90 Å². The lowest BCUT2D eigenvalue weighted by molar-refractivity contribution is 0.0247. The average molecular weight is 223 g/mol. The van der Waals surface area contributed by atoms with Gasteiger partial charge in [0.05, 0.1) is 12.7 Å². The number of phenols is 1. The molecule has 4 heteroatoms. The van der Waals surface area contributed by atoms with Gasteiger partial charge in [-0.1, -0.05) is 6.07 Å². The number of aromatic hydroxyl groups is 1. The molecule has 2 N–H and O–H groups in total. The topological polar surface area (TPSA) is 52.9 Å². The van der Waals surface area contributed by atoms with E-state index in [0.717, 1.165) is 18.8 Å². The first-order chi connectivity index (χ1) is 7.79. The van der Waals surface area contributed by atoms with Crippen LogP contribution in [-0.2, 0) is 4.74 Å². The Labute approximate surface area is 95.1 Å². The fourth-order valence-electron chi connectivity index (χ4n) is 1.96. The van der Waals surface area contributed by atoms with Crippen molar-refractivity contribution in [1.82, 2.24) is 0 Å². The van der Waals surface area contributed by atoms with E-state index in [0.29, 0.717) is 13.0 Å². The molecule has 0 aromatic heterocycles. The summed E-state index contributed by atoms with van der Waals surface area (Å²) in [6, 6.07) is 7.22. The molecule has 1 unspecified atom stereocenters. The smallest absolute Gasteiger partial charge is 0.117 e. The van der Waals surface area contributed by atoms with Crippen LogP contribution in [0.2, 0.25) is 0 Å². The summed E-state index contributed by atoms with van der Waals surface area (Å²) in [5.41, 5.74) is 1.01. The van der Waals surface area contributed by atoms with E-state index in [9.17, 15) is 5.11 Å². The minimum Gasteiger partial charge on any atom is -0.508 e. The van der Waals surface area contributed by atoms with Crippen LogP contribution in [0.15, 0.2) is 24.3 Å². The maximum Gasteiger partial charge on any atom is 0.117 e. The van der Waals surface area contributed by atoms with E-state index in [1.807, 2.05) is 12.1 Å². The SMILES string of the molecule is OCCC1CN(c2cccc(O)c2)CCO1. The van der Waals surface area contributed by atoms with Crippen molar-refractivity contribution in [3.8, 4) is 5.75 Å². The maximum absolute atomic E-state index is 9.42. The fourth-order valence-corrected chi connectivity index (χ4v) is 1.96. The summed E-state index contributed by atoms with van der Waals surface area (Å²) in [6.45, 7) is 2.41. The van der Waals surface area contributed by atoms with Gasteiger partial charge in [0.15, 0.2) is 0 Å². The zero-order valence-electron chi connectivity index (χ0n) is 9.17. The highest BCUT2D eigenvalue weighted by atomic mass is 16.5. The van der Waals surface area contributed by atoms with Crippen molar-refractivity contribution in [2.45, 2.75) is 12.5 Å². The molecule has 0 aliphatic carbocycles. The van der Waals surface area contributed by atoms with Crippen molar-refractivity contribution >= 4 is 5.69 Å². The average Bonchev–Trinajstić information content (AvgIpc) is 2.30. The second-order valence-electron chi connectivity index (χ2n) is 3.97. The molecular formula is C12H17NO3. The minimum absolute atomic E-state index is 0.0844. The number of anilines is 1. The molecule has 1 fully saturated rings. The summed E-state index contributed by atoms with van der Waals surface area (Å²) in [4.78, 5) is 2.17. The molecule has 1 heterocycles. The van der Waals surface area contributed by atoms with Crippen LogP contribution in [0.3, 0.4) is 0 Å². The molecule has 0 saturated carbocycles. The highest BCUT2D eigenvalue weighted by molar-refractivity contribution is 5.50. The molecule has 1 saturated heterocycles. The van der Waals surface area contributed by atoms with Crippen molar-refractivity contribution < 1.29 is 14.9 Å². The van der Waals surface area contributed by atoms with E-state index < -0.39 is 0 Å². The van der Waals surface area contributed by atoms with Crippen molar-refractivity contribution in [1.29, 1.82) is 0 Å². The molecule has 1 aliphatic heterocycles. The molecule has 16 heavy (non-hydrogen) atoms. The van der Waals surface area contributed by atoms with Gasteiger partial charge in [-0.05, 0) is 18.6 Å². The first-order valence-corrected chi connectivity index (χ1v) is 5.56. The second-order valence-corrected chi connectivity index (χ2v) is 3.97. The third-order valence-corrected chi connectivity index (χ3v) is 2.78. The van der Waals surface area contributed by atoms with Crippen LogP contribution in [0.5, 0.6) is 5.75 Å². The number of hydrogen-bond acceptors (Lipinski definition) is 4. The van der Waals surface area contributed by atoms with E-state index in [1.165, 1.54) is 0 Å². The van der Waals surface area contributed by atoms with Gasteiger partial charge in [-0.15, -0.1) is 0 Å². The molecule has 2 rings (SSSR count). The number of ether oxygens (including phenoxy) is 1. The minimum atomic E-state index is 0.0844. The zero-order chi connectivity index (χ0) is 11.4. The lowest BCUT2D eigenvalue weighted by atomic mass is 10.2. The summed E-state index contributed by atoms with van der Waals surface area (Å²) < 4.78 is 5.54. The summed E-state index contributed by atoms with van der Waals surface area (Å²) in [5, 5.41) is 18.3. The molecule has 0 spiro atoms. The van der Waals surface area contributed by atoms with E-state index in [1.54, 1.807) is 12.1 Å². The monoisotopic (exact) mass is 223 g/mol. The van der Waals surface area contributed by atoms with Gasteiger partial charge in [-0.3, -0.25) is 0 Å². The number of aliphatic hydroxyl groups excluding tert-OH is 1. The molecule has 0 amide bonds. The maximum atomic E-state index is 9.42. The normalized spacial score (nSPS) is 21.1. The summed E-state index contributed by atoms with van der Waals surface area (Å²) >= 11 is 0. The predicted octanol–water partition coefficient (Wildman–Crippen LogP) is 0.980. The van der Waals surface area contributed by atoms with Gasteiger partial charge in [0.1, 0.15) is 5.75 Å². The van der Waals surface area contributed by atoms with Crippen molar-refractivity contribution in [2.24, 2.45) is 0 Å². The summed E-state index contributed by atoms with van der Waals surface area (Å²) in [7, 11) is 0. The van der Waals surface area contributed by atoms with Gasteiger partial charge in [0, 0.05) is 31.5 Å². The third-order valence-electron chi connectivity index (χ3n) is 2.78. The van der Waals surface area contributed by atoms with Crippen LogP contribution in [0.25, 0.3) is 0 Å². The Bertz CT molecular complexity index is 341. The first kappa shape index (κ1) is 11.2. The van der Waals surface area contributed by atoms with Crippen molar-refractivity contribution in [2.75, 3.05) is 31.2 Å². The molecule has 0 radical (unpaired) electrons. The second kappa shape index (κ2) is 5.18. The van der Waals surface area contributed by atoms with Gasteiger partial charge in [0.2, 0.25) is 0 Å². The largest absolute Gasteiger partial charge is 0.508 e. The molecule has 88 valence electrons. The number of hydrogen-bond donors (Lipinski definition) is 2. The van der Waals surface area contributed by atoms with E-state index in [4.69, 9.17) is 9.84 Å². The fraction of sp³-hybridized carbons (Fsp3) is 0.500. The number of phenolic OH excluding ortho intramolecular Hbond substituents is 1. The van der Waals surface area contributed by atoms with Crippen LogP contribution in [-0.4, -0.2) is 42.6 Å². The predicted molar refractivity (Wildman–Crippen MR) is 61.8 cm³/mol. The van der Waals surface area contributed by atoms with Gasteiger partial charge < -0.3 is 19.8 Å². The molecule has 1 aromatic rings. The Morgan fingerprint density at radius 2 is 2.31 bits per heavy atom. The molecule has 1 aromatic carbocycles. The lowest BCUT2D eigenvalue weighted by Crippen LogP contribution is -2.42. The Balaban J connectivity index is 2.03. The van der Waals surface area contributed by atoms with Gasteiger partial charge in [-0.25, -0.2) is 0 Å². The highest BCUT2D eigenvalue weighted by Gasteiger charge is 2.20. The standard InChI is InChI=1S/C12H17NO3/c14-6-4-12-9-13(5-7-16-12)10-2-1-3-11(15)8-10/h1-3,8,12,14-15H,4-7,9H2. The highest BCUT2D eigenvalue weighted by Crippen LogP contribution is 2.22. The van der Waals surface area contributed by atoms with Gasteiger partial charge in [0.25, 0.3) is 0 Å². The molecule has 4 nitrogen and oxygen atoms in total. The quantitative estimate of drug-likeness (QED) is 0.802. The molecule has 1 atom stereocenters. The number of nitrogens with zero attached hydrogens (tertiary/aromatic N) is 1. The Morgan fingerprint density at radius 3 is 3.06 bits per heavy atom. The van der Waals surface area contributed by atoms with E-state index >= 15 is 0 Å². The molecule has 0 bridgehead atoms. The van der Waals surface area contributed by atoms with Crippen LogP contribution in [0.1, 0.15) is 6.42 Å². The zero-order valence-corrected chi connectivity index (χ0v) is 9.17. The van der Waals surface area contributed by atoms with Crippen LogP contribution in [0, 0.1) is 0 Å². The Kier molecular flexibility index (Phi) is 3.64. The van der Waals surface area contributed by atoms with E-state index in [2.05, 4.69) is 4.90 Å². The third kappa shape index (κ3) is 2.65. The van der Waals surface area contributed by atoms with Crippen molar-refractivity contribution in [3.63, 3.8) is 0 Å². The van der Waals surface area contributed by atoms with Gasteiger partial charge in [-0.2, -0.15) is 0 Å². The number of aliphatic hydroxyl groups is 1. The molecular weight excluding hydrogens is 206 g/mol. The van der Waals surface area contributed by atoms with Crippen LogP contribution >= 0.6 is 0 Å². The van der Waals surface area contributed by atoms with Crippen molar-refractivity contribution in [3.05, 3.63) is 24.3 Å². The Morgan fingerprint density at radius 1 is 1.44 bits per heavy atom. The van der Waals surface area contributed by atoms with E-state index in [-0.39, 0.29) is 18.5 Å². The summed E-state index contributed by atoms with van der Waals surface area (Å²) in [6.07, 6.45) is 0.746. The molecule has 1 aliphatic rings. The lowest BCUT2D eigenvalue weighted by Gasteiger charge is -2.34.